The van der Waals surface area contributed by atoms with Gasteiger partial charge in [-0.1, -0.05) is 59.6 Å². The van der Waals surface area contributed by atoms with Gasteiger partial charge in [-0.05, 0) is 36.0 Å². The summed E-state index contributed by atoms with van der Waals surface area (Å²) in [6.07, 6.45) is 4.31. The summed E-state index contributed by atoms with van der Waals surface area (Å²) in [6.45, 7) is 10.8. The van der Waals surface area contributed by atoms with Gasteiger partial charge in [-0.2, -0.15) is 12.5 Å². The lowest BCUT2D eigenvalue weighted by Crippen LogP contribution is -2.40. The number of aryl methyl sites for hydroxylation is 1. The van der Waals surface area contributed by atoms with Gasteiger partial charge >= 0.3 is 5.69 Å². The van der Waals surface area contributed by atoms with E-state index < -0.39 is 21.3 Å². The number of benzene rings is 1. The molecule has 0 saturated carbocycles. The molecule has 0 aliphatic rings. The number of unbranched alkanes of at least 4 members (excludes halogenated alkanes) is 2. The Morgan fingerprint density at radius 1 is 0.906 bits per heavy atom. The van der Waals surface area contributed by atoms with E-state index >= 15 is 0 Å². The molecule has 2 aromatic heterocycles. The van der Waals surface area contributed by atoms with Crippen LogP contribution in [0.3, 0.4) is 0 Å². The summed E-state index contributed by atoms with van der Waals surface area (Å²) >= 11 is 0. The highest BCUT2D eigenvalue weighted by Crippen LogP contribution is 2.24. The van der Waals surface area contributed by atoms with Crippen LogP contribution in [0.5, 0.6) is 0 Å². The first-order valence-corrected chi connectivity index (χ1v) is 12.6. The lowest BCUT2D eigenvalue weighted by molar-refractivity contribution is 0.529. The van der Waals surface area contributed by atoms with Gasteiger partial charge in [0.05, 0.1) is 11.1 Å². The molecule has 1 aromatic carbocycles. The fourth-order valence-corrected chi connectivity index (χ4v) is 4.68. The molecule has 0 spiro atoms. The minimum Gasteiger partial charge on any atom is -0.276 e. The Morgan fingerprint density at radius 3 is 2.00 bits per heavy atom. The highest BCUT2D eigenvalue weighted by Gasteiger charge is 2.24. The fraction of sp³-hybridized carbons (Fsp3) is 0.522. The lowest BCUT2D eigenvalue weighted by atomic mass is 9.87. The molecule has 8 nitrogen and oxygen atoms in total. The summed E-state index contributed by atoms with van der Waals surface area (Å²) in [6, 6.07) is 6.66. The monoisotopic (exact) mass is 460 g/mol. The van der Waals surface area contributed by atoms with Crippen LogP contribution >= 0.6 is 0 Å². The Morgan fingerprint density at radius 2 is 1.47 bits per heavy atom. The van der Waals surface area contributed by atoms with Gasteiger partial charge in [0.1, 0.15) is 5.39 Å². The molecular formula is C23H32N4O4S. The first kappa shape index (κ1) is 24.0. The average molecular weight is 461 g/mol. The first-order chi connectivity index (χ1) is 15.0. The Kier molecular flexibility index (Phi) is 6.78. The summed E-state index contributed by atoms with van der Waals surface area (Å²) in [5.41, 5.74) is 0.0596. The van der Waals surface area contributed by atoms with Gasteiger partial charge in [0, 0.05) is 13.1 Å². The van der Waals surface area contributed by atoms with Crippen molar-refractivity contribution in [3.8, 4) is 0 Å². The van der Waals surface area contributed by atoms with Crippen molar-refractivity contribution in [2.75, 3.05) is 0 Å². The predicted octanol–water partition coefficient (Wildman–Crippen LogP) is 3.49. The van der Waals surface area contributed by atoms with Gasteiger partial charge in [-0.15, -0.1) is 5.10 Å². The van der Waals surface area contributed by atoms with E-state index in [1.54, 1.807) is 24.3 Å². The molecule has 0 bridgehead atoms. The normalized spacial score (nSPS) is 12.5. The van der Waals surface area contributed by atoms with Crippen LogP contribution in [0.25, 0.3) is 11.0 Å². The highest BCUT2D eigenvalue weighted by molar-refractivity contribution is 7.89. The second-order valence-corrected chi connectivity index (χ2v) is 10.9. The molecule has 174 valence electrons. The average Bonchev–Trinajstić information content (AvgIpc) is 3.19. The van der Waals surface area contributed by atoms with Crippen LogP contribution in [0.1, 0.15) is 65.9 Å². The van der Waals surface area contributed by atoms with Gasteiger partial charge in [0.2, 0.25) is 0 Å². The summed E-state index contributed by atoms with van der Waals surface area (Å²) in [5, 5.41) is 4.34. The van der Waals surface area contributed by atoms with Crippen LogP contribution < -0.4 is 11.2 Å². The van der Waals surface area contributed by atoms with Crippen molar-refractivity contribution < 1.29 is 8.42 Å². The minimum atomic E-state index is -4.02. The first-order valence-electron chi connectivity index (χ1n) is 11.1. The molecule has 0 saturated heterocycles. The summed E-state index contributed by atoms with van der Waals surface area (Å²) < 4.78 is 29.9. The lowest BCUT2D eigenvalue weighted by Gasteiger charge is -2.19. The number of aromatic nitrogens is 4. The van der Waals surface area contributed by atoms with Crippen molar-refractivity contribution in [2.45, 2.75) is 83.7 Å². The molecule has 0 fully saturated rings. The molecule has 0 amide bonds. The molecule has 3 aromatic rings. The smallest absolute Gasteiger partial charge is 0.276 e. The Bertz CT molecular complexity index is 1320. The summed E-state index contributed by atoms with van der Waals surface area (Å²) in [7, 11) is -4.02. The zero-order valence-corrected chi connectivity index (χ0v) is 20.3. The SMILES string of the molecule is CCCCn1c(=O)c2cn(S(=O)(=O)c3ccc(C(C)(C)C)cc3)nc2n(CCCC)c1=O. The van der Waals surface area contributed by atoms with Crippen LogP contribution in [0.2, 0.25) is 0 Å². The van der Waals surface area contributed by atoms with Crippen LogP contribution in [0, 0.1) is 0 Å². The van der Waals surface area contributed by atoms with E-state index in [1.165, 1.54) is 15.3 Å². The third kappa shape index (κ3) is 4.44. The maximum atomic E-state index is 13.2. The largest absolute Gasteiger partial charge is 0.332 e. The van der Waals surface area contributed by atoms with Gasteiger partial charge in [-0.3, -0.25) is 13.9 Å². The van der Waals surface area contributed by atoms with Crippen molar-refractivity contribution in [3.05, 3.63) is 56.9 Å². The predicted molar refractivity (Wildman–Crippen MR) is 126 cm³/mol. The topological polar surface area (TPSA) is 96.0 Å². The summed E-state index contributed by atoms with van der Waals surface area (Å²) in [5.74, 6) is 0. The number of nitrogens with zero attached hydrogens (tertiary/aromatic N) is 4. The van der Waals surface area contributed by atoms with Crippen molar-refractivity contribution in [1.29, 1.82) is 0 Å². The number of hydrogen-bond acceptors (Lipinski definition) is 5. The summed E-state index contributed by atoms with van der Waals surface area (Å²) in [4.78, 5) is 26.1. The van der Waals surface area contributed by atoms with Crippen LogP contribution in [0.15, 0.2) is 44.9 Å². The maximum Gasteiger partial charge on any atom is 0.332 e. The van der Waals surface area contributed by atoms with Gasteiger partial charge < -0.3 is 0 Å². The number of hydrogen-bond donors (Lipinski definition) is 0. The van der Waals surface area contributed by atoms with Crippen LogP contribution in [-0.4, -0.2) is 26.7 Å². The fourth-order valence-electron chi connectivity index (χ4n) is 3.55. The zero-order valence-electron chi connectivity index (χ0n) is 19.5. The third-order valence-electron chi connectivity index (χ3n) is 5.60. The number of fused-ring (bicyclic) bond motifs is 1. The molecule has 2 heterocycles. The van der Waals surface area contributed by atoms with Crippen molar-refractivity contribution >= 4 is 21.1 Å². The van der Waals surface area contributed by atoms with Crippen molar-refractivity contribution in [3.63, 3.8) is 0 Å². The van der Waals surface area contributed by atoms with Crippen LogP contribution in [0.4, 0.5) is 0 Å². The molecule has 0 N–H and O–H groups in total. The molecule has 0 atom stereocenters. The third-order valence-corrected chi connectivity index (χ3v) is 7.15. The zero-order chi connectivity index (χ0) is 23.7. The Hall–Kier alpha value is -2.68. The van der Waals surface area contributed by atoms with Crippen LogP contribution in [-0.2, 0) is 28.5 Å². The van der Waals surface area contributed by atoms with E-state index in [9.17, 15) is 18.0 Å². The van der Waals surface area contributed by atoms with E-state index in [1.807, 2.05) is 13.8 Å². The van der Waals surface area contributed by atoms with Gasteiger partial charge in [0.15, 0.2) is 5.65 Å². The van der Waals surface area contributed by atoms with Crippen molar-refractivity contribution in [2.24, 2.45) is 0 Å². The second kappa shape index (κ2) is 9.05. The molecular weight excluding hydrogens is 428 g/mol. The van der Waals surface area contributed by atoms with Gasteiger partial charge in [0.25, 0.3) is 15.6 Å². The molecule has 0 radical (unpaired) electrons. The quantitative estimate of drug-likeness (QED) is 0.513. The molecule has 3 rings (SSSR count). The Balaban J connectivity index is 2.18. The molecule has 0 unspecified atom stereocenters. The molecule has 0 aliphatic heterocycles. The van der Waals surface area contributed by atoms with Gasteiger partial charge in [-0.25, -0.2) is 4.79 Å². The van der Waals surface area contributed by atoms with Crippen molar-refractivity contribution in [1.82, 2.24) is 18.3 Å². The van der Waals surface area contributed by atoms with E-state index in [0.29, 0.717) is 19.5 Å². The minimum absolute atomic E-state index is 0.0760. The standard InChI is InChI=1S/C23H32N4O4S/c1-6-8-14-25-20-19(21(28)26(22(25)29)15-9-7-2)16-27(24-20)32(30,31)18-12-10-17(11-13-18)23(3,4)5/h10-13,16H,6-9,14-15H2,1-5H3. The molecule has 32 heavy (non-hydrogen) atoms. The molecule has 0 aliphatic carbocycles. The van der Waals surface area contributed by atoms with E-state index in [2.05, 4.69) is 25.9 Å². The second-order valence-electron chi connectivity index (χ2n) is 9.12. The van der Waals surface area contributed by atoms with E-state index in [-0.39, 0.29) is 21.3 Å². The highest BCUT2D eigenvalue weighted by atomic mass is 32.2. The maximum absolute atomic E-state index is 13.2. The van der Waals surface area contributed by atoms with E-state index in [4.69, 9.17) is 0 Å². The Labute approximate surface area is 188 Å². The number of rotatable bonds is 8. The van der Waals surface area contributed by atoms with E-state index in [0.717, 1.165) is 28.9 Å². The molecule has 9 heteroatoms.